The zero-order chi connectivity index (χ0) is 13.1. The van der Waals surface area contributed by atoms with E-state index in [0.29, 0.717) is 38.9 Å². The van der Waals surface area contributed by atoms with Gasteiger partial charge in [-0.05, 0) is 5.56 Å². The molecule has 3 rings (SSSR count). The molecule has 1 aromatic carbocycles. The SMILES string of the molecule is NC1=NCC2(COCCOC2)N1Cc1ccccc1. The summed E-state index contributed by atoms with van der Waals surface area (Å²) in [6, 6.07) is 10.3. The molecular weight excluding hydrogens is 242 g/mol. The van der Waals surface area contributed by atoms with Gasteiger partial charge >= 0.3 is 0 Å². The monoisotopic (exact) mass is 261 g/mol. The standard InChI is InChI=1S/C14H19N3O2/c15-13-16-9-14(10-18-6-7-19-11-14)17(13)8-12-4-2-1-3-5-12/h1-5H,6-11H2,(H2,15,16). The molecule has 19 heavy (non-hydrogen) atoms. The second-order valence-electron chi connectivity index (χ2n) is 5.08. The van der Waals surface area contributed by atoms with Gasteiger partial charge in [0.15, 0.2) is 5.96 Å². The van der Waals surface area contributed by atoms with Crippen molar-refractivity contribution in [3.05, 3.63) is 35.9 Å². The lowest BCUT2D eigenvalue weighted by Crippen LogP contribution is -2.56. The molecule has 2 aliphatic rings. The topological polar surface area (TPSA) is 60.1 Å². The normalized spacial score (nSPS) is 22.3. The molecule has 1 saturated heterocycles. The number of benzene rings is 1. The summed E-state index contributed by atoms with van der Waals surface area (Å²) in [5.74, 6) is 0.581. The van der Waals surface area contributed by atoms with Gasteiger partial charge in [-0.3, -0.25) is 4.99 Å². The third kappa shape index (κ3) is 2.43. The first-order valence-electron chi connectivity index (χ1n) is 6.57. The molecule has 5 nitrogen and oxygen atoms in total. The number of guanidine groups is 1. The smallest absolute Gasteiger partial charge is 0.192 e. The number of ether oxygens (including phenoxy) is 2. The molecule has 1 fully saturated rings. The van der Waals surface area contributed by atoms with E-state index in [9.17, 15) is 0 Å². The van der Waals surface area contributed by atoms with E-state index in [0.717, 1.165) is 6.54 Å². The highest BCUT2D eigenvalue weighted by atomic mass is 16.5. The molecule has 0 unspecified atom stereocenters. The Bertz CT molecular complexity index is 453. The van der Waals surface area contributed by atoms with Crippen LogP contribution in [0.2, 0.25) is 0 Å². The van der Waals surface area contributed by atoms with E-state index in [1.165, 1.54) is 5.56 Å². The summed E-state index contributed by atoms with van der Waals surface area (Å²) in [7, 11) is 0. The van der Waals surface area contributed by atoms with Crippen molar-refractivity contribution in [2.24, 2.45) is 10.7 Å². The zero-order valence-corrected chi connectivity index (χ0v) is 10.9. The van der Waals surface area contributed by atoms with E-state index in [4.69, 9.17) is 15.2 Å². The van der Waals surface area contributed by atoms with E-state index in [-0.39, 0.29) is 5.54 Å². The van der Waals surface area contributed by atoms with Gasteiger partial charge in [0.1, 0.15) is 5.54 Å². The number of hydrogen-bond donors (Lipinski definition) is 1. The molecule has 0 aliphatic carbocycles. The zero-order valence-electron chi connectivity index (χ0n) is 10.9. The maximum atomic E-state index is 6.05. The van der Waals surface area contributed by atoms with Crippen molar-refractivity contribution in [1.82, 2.24) is 4.90 Å². The molecule has 0 radical (unpaired) electrons. The highest BCUT2D eigenvalue weighted by molar-refractivity contribution is 5.81. The quantitative estimate of drug-likeness (QED) is 0.847. The molecule has 102 valence electrons. The second-order valence-corrected chi connectivity index (χ2v) is 5.08. The van der Waals surface area contributed by atoms with Gasteiger partial charge in [0.05, 0.1) is 33.0 Å². The average Bonchev–Trinajstić information content (AvgIpc) is 2.64. The molecule has 1 spiro atoms. The number of nitrogens with two attached hydrogens (primary N) is 1. The van der Waals surface area contributed by atoms with Crippen molar-refractivity contribution < 1.29 is 9.47 Å². The Morgan fingerprint density at radius 2 is 1.84 bits per heavy atom. The minimum absolute atomic E-state index is 0.240. The van der Waals surface area contributed by atoms with Gasteiger partial charge in [-0.25, -0.2) is 0 Å². The predicted molar refractivity (Wildman–Crippen MR) is 72.8 cm³/mol. The van der Waals surface area contributed by atoms with Crippen molar-refractivity contribution in [3.63, 3.8) is 0 Å². The van der Waals surface area contributed by atoms with Crippen LogP contribution in [0.3, 0.4) is 0 Å². The summed E-state index contributed by atoms with van der Waals surface area (Å²) < 4.78 is 11.3. The third-order valence-electron chi connectivity index (χ3n) is 3.68. The van der Waals surface area contributed by atoms with Crippen molar-refractivity contribution in [2.45, 2.75) is 12.1 Å². The Labute approximate surface area is 113 Å². The summed E-state index contributed by atoms with van der Waals surface area (Å²) in [5, 5.41) is 0. The van der Waals surface area contributed by atoms with Gasteiger partial charge in [0.2, 0.25) is 0 Å². The molecule has 0 amide bonds. The van der Waals surface area contributed by atoms with Crippen LogP contribution in [-0.2, 0) is 16.0 Å². The summed E-state index contributed by atoms with van der Waals surface area (Å²) in [6.07, 6.45) is 0. The Morgan fingerprint density at radius 1 is 1.16 bits per heavy atom. The molecule has 1 aromatic rings. The van der Waals surface area contributed by atoms with Crippen LogP contribution in [0.5, 0.6) is 0 Å². The molecule has 2 heterocycles. The lowest BCUT2D eigenvalue weighted by molar-refractivity contribution is 0.0382. The third-order valence-corrected chi connectivity index (χ3v) is 3.68. The van der Waals surface area contributed by atoms with Crippen molar-refractivity contribution in [2.75, 3.05) is 33.0 Å². The minimum atomic E-state index is -0.240. The highest BCUT2D eigenvalue weighted by Crippen LogP contribution is 2.26. The maximum Gasteiger partial charge on any atom is 0.192 e. The minimum Gasteiger partial charge on any atom is -0.376 e. The van der Waals surface area contributed by atoms with Crippen LogP contribution in [0.25, 0.3) is 0 Å². The number of nitrogens with zero attached hydrogens (tertiary/aromatic N) is 2. The molecule has 0 bridgehead atoms. The van der Waals surface area contributed by atoms with E-state index in [2.05, 4.69) is 22.0 Å². The number of aliphatic imine (C=N–C) groups is 1. The van der Waals surface area contributed by atoms with Crippen LogP contribution in [0.15, 0.2) is 35.3 Å². The second kappa shape index (κ2) is 5.19. The van der Waals surface area contributed by atoms with Crippen LogP contribution in [0.4, 0.5) is 0 Å². The van der Waals surface area contributed by atoms with Crippen molar-refractivity contribution >= 4 is 5.96 Å². The van der Waals surface area contributed by atoms with E-state index in [1.54, 1.807) is 0 Å². The average molecular weight is 261 g/mol. The van der Waals surface area contributed by atoms with Gasteiger partial charge in [0.25, 0.3) is 0 Å². The van der Waals surface area contributed by atoms with Gasteiger partial charge in [-0.15, -0.1) is 0 Å². The summed E-state index contributed by atoms with van der Waals surface area (Å²) in [4.78, 5) is 6.51. The summed E-state index contributed by atoms with van der Waals surface area (Å²) in [6.45, 7) is 3.89. The predicted octanol–water partition coefficient (Wildman–Crippen LogP) is 0.603. The Morgan fingerprint density at radius 3 is 2.53 bits per heavy atom. The van der Waals surface area contributed by atoms with Crippen LogP contribution < -0.4 is 5.73 Å². The Balaban J connectivity index is 1.81. The molecule has 2 aliphatic heterocycles. The fourth-order valence-corrected chi connectivity index (χ4v) is 2.59. The van der Waals surface area contributed by atoms with E-state index < -0.39 is 0 Å². The van der Waals surface area contributed by atoms with Crippen LogP contribution in [-0.4, -0.2) is 49.4 Å². The van der Waals surface area contributed by atoms with Gasteiger partial charge in [0, 0.05) is 6.54 Å². The number of rotatable bonds is 2. The van der Waals surface area contributed by atoms with Gasteiger partial charge in [-0.2, -0.15) is 0 Å². The first-order chi connectivity index (χ1) is 9.30. The molecule has 2 N–H and O–H groups in total. The van der Waals surface area contributed by atoms with Crippen LogP contribution in [0, 0.1) is 0 Å². The van der Waals surface area contributed by atoms with Crippen molar-refractivity contribution in [3.8, 4) is 0 Å². The van der Waals surface area contributed by atoms with Gasteiger partial charge in [-0.1, -0.05) is 30.3 Å². The number of hydrogen-bond acceptors (Lipinski definition) is 5. The maximum absolute atomic E-state index is 6.05. The Hall–Kier alpha value is -1.59. The van der Waals surface area contributed by atoms with Crippen molar-refractivity contribution in [1.29, 1.82) is 0 Å². The summed E-state index contributed by atoms with van der Waals surface area (Å²) in [5.41, 5.74) is 7.02. The first-order valence-corrected chi connectivity index (χ1v) is 6.57. The highest BCUT2D eigenvalue weighted by Gasteiger charge is 2.43. The van der Waals surface area contributed by atoms with Crippen LogP contribution >= 0.6 is 0 Å². The van der Waals surface area contributed by atoms with E-state index in [1.807, 2.05) is 18.2 Å². The first kappa shape index (κ1) is 12.4. The fourth-order valence-electron chi connectivity index (χ4n) is 2.59. The summed E-state index contributed by atoms with van der Waals surface area (Å²) >= 11 is 0. The fraction of sp³-hybridized carbons (Fsp3) is 0.500. The molecular formula is C14H19N3O2. The van der Waals surface area contributed by atoms with Gasteiger partial charge < -0.3 is 20.1 Å². The van der Waals surface area contributed by atoms with E-state index >= 15 is 0 Å². The molecule has 5 heteroatoms. The van der Waals surface area contributed by atoms with Crippen LogP contribution in [0.1, 0.15) is 5.56 Å². The lowest BCUT2D eigenvalue weighted by Gasteiger charge is -2.37. The lowest BCUT2D eigenvalue weighted by atomic mass is 10.00. The molecule has 0 aromatic heterocycles. The molecule has 0 atom stereocenters. The molecule has 0 saturated carbocycles. The largest absolute Gasteiger partial charge is 0.376 e. The Kier molecular flexibility index (Phi) is 3.40.